The zero-order valence-electron chi connectivity index (χ0n) is 24.1. The van der Waals surface area contributed by atoms with E-state index in [0.717, 1.165) is 11.4 Å². The lowest BCUT2D eigenvalue weighted by Gasteiger charge is -2.19. The van der Waals surface area contributed by atoms with Gasteiger partial charge in [0.15, 0.2) is 0 Å². The first-order chi connectivity index (χ1) is 21.9. The van der Waals surface area contributed by atoms with Crippen LogP contribution in [-0.2, 0) is 0 Å². The van der Waals surface area contributed by atoms with E-state index in [4.69, 9.17) is 0 Å². The van der Waals surface area contributed by atoms with Gasteiger partial charge in [-0.3, -0.25) is 0 Å². The van der Waals surface area contributed by atoms with Crippen LogP contribution in [0, 0.1) is 0 Å². The molecule has 0 amide bonds. The number of para-hydroxylation sites is 4. The predicted molar refractivity (Wildman–Crippen MR) is 186 cm³/mol. The van der Waals surface area contributed by atoms with Crippen molar-refractivity contribution in [3.8, 4) is 33.6 Å². The van der Waals surface area contributed by atoms with E-state index < -0.39 is 0 Å². The maximum Gasteiger partial charge on any atom is 0.0633 e. The molecule has 9 rings (SSSR count). The average molecular weight is 561 g/mol. The Morgan fingerprint density at radius 1 is 0.295 bits per heavy atom. The monoisotopic (exact) mass is 560 g/mol. The van der Waals surface area contributed by atoms with E-state index in [1.54, 1.807) is 0 Å². The molecule has 2 heterocycles. The topological polar surface area (TPSA) is 9.86 Å². The van der Waals surface area contributed by atoms with Crippen molar-refractivity contribution in [3.05, 3.63) is 170 Å². The van der Waals surface area contributed by atoms with Gasteiger partial charge in [0.25, 0.3) is 0 Å². The van der Waals surface area contributed by atoms with Crippen LogP contribution in [0.1, 0.15) is 0 Å². The Morgan fingerprint density at radius 3 is 1.00 bits per heavy atom. The Hall–Kier alpha value is -5.86. The molecule has 0 aliphatic heterocycles. The summed E-state index contributed by atoms with van der Waals surface area (Å²) in [5.41, 5.74) is 12.0. The fourth-order valence-corrected chi connectivity index (χ4v) is 7.16. The SMILES string of the molecule is c1ccc(-c2c(-c3ccccc3)c3c(c4ccccc4n3-c3ccccc3)c3c4ccccc4n(-c4ccccc4)c23)cc1. The zero-order chi connectivity index (χ0) is 29.0. The van der Waals surface area contributed by atoms with Crippen LogP contribution < -0.4 is 0 Å². The number of hydrogen-bond donors (Lipinski definition) is 0. The van der Waals surface area contributed by atoms with Gasteiger partial charge in [0.1, 0.15) is 0 Å². The molecule has 0 saturated heterocycles. The van der Waals surface area contributed by atoms with Crippen LogP contribution in [0.15, 0.2) is 170 Å². The highest BCUT2D eigenvalue weighted by molar-refractivity contribution is 6.35. The summed E-state index contributed by atoms with van der Waals surface area (Å²) in [7, 11) is 0. The summed E-state index contributed by atoms with van der Waals surface area (Å²) in [6.45, 7) is 0. The molecule has 206 valence electrons. The van der Waals surface area contributed by atoms with E-state index in [1.165, 1.54) is 65.9 Å². The maximum atomic E-state index is 2.48. The summed E-state index contributed by atoms with van der Waals surface area (Å²) in [6.07, 6.45) is 0. The second-order valence-electron chi connectivity index (χ2n) is 11.3. The maximum absolute atomic E-state index is 2.48. The lowest BCUT2D eigenvalue weighted by Crippen LogP contribution is -2.00. The first-order valence-corrected chi connectivity index (χ1v) is 15.1. The summed E-state index contributed by atoms with van der Waals surface area (Å²) < 4.78 is 4.96. The third-order valence-corrected chi connectivity index (χ3v) is 8.88. The molecule has 0 atom stereocenters. The molecule has 0 aliphatic carbocycles. The fraction of sp³-hybridized carbons (Fsp3) is 0. The Labute approximate surface area is 255 Å². The van der Waals surface area contributed by atoms with Crippen molar-refractivity contribution in [2.24, 2.45) is 0 Å². The average Bonchev–Trinajstić information content (AvgIpc) is 3.62. The largest absolute Gasteiger partial charge is 0.309 e. The Kier molecular flexibility index (Phi) is 5.54. The van der Waals surface area contributed by atoms with Gasteiger partial charge in [0.2, 0.25) is 0 Å². The van der Waals surface area contributed by atoms with Crippen molar-refractivity contribution in [3.63, 3.8) is 0 Å². The Bertz CT molecular complexity index is 2280. The van der Waals surface area contributed by atoms with Crippen LogP contribution in [-0.4, -0.2) is 9.13 Å². The number of rotatable bonds is 4. The van der Waals surface area contributed by atoms with Gasteiger partial charge in [-0.05, 0) is 47.5 Å². The van der Waals surface area contributed by atoms with Gasteiger partial charge in [-0.25, -0.2) is 0 Å². The highest BCUT2D eigenvalue weighted by Gasteiger charge is 2.28. The minimum Gasteiger partial charge on any atom is -0.309 e. The van der Waals surface area contributed by atoms with Crippen molar-refractivity contribution in [2.45, 2.75) is 0 Å². The predicted octanol–water partition coefficient (Wildman–Crippen LogP) is 11.2. The zero-order valence-corrected chi connectivity index (χ0v) is 24.1. The van der Waals surface area contributed by atoms with Crippen LogP contribution in [0.5, 0.6) is 0 Å². The van der Waals surface area contributed by atoms with E-state index in [0.29, 0.717) is 0 Å². The smallest absolute Gasteiger partial charge is 0.0633 e. The molecule has 0 fully saturated rings. The first kappa shape index (κ1) is 24.7. The summed E-state index contributed by atoms with van der Waals surface area (Å²) in [5, 5.41) is 5.07. The molecule has 0 unspecified atom stereocenters. The highest BCUT2D eigenvalue weighted by atomic mass is 15.0. The van der Waals surface area contributed by atoms with E-state index >= 15 is 0 Å². The Balaban J connectivity index is 1.68. The molecule has 7 aromatic carbocycles. The summed E-state index contributed by atoms with van der Waals surface area (Å²) >= 11 is 0. The molecule has 2 aromatic heterocycles. The van der Waals surface area contributed by atoms with E-state index in [9.17, 15) is 0 Å². The summed E-state index contributed by atoms with van der Waals surface area (Å²) in [5.74, 6) is 0. The molecule has 0 N–H and O–H groups in total. The molecule has 9 aromatic rings. The van der Waals surface area contributed by atoms with Crippen molar-refractivity contribution >= 4 is 43.6 Å². The minimum absolute atomic E-state index is 1.15. The second-order valence-corrected chi connectivity index (χ2v) is 11.3. The van der Waals surface area contributed by atoms with Gasteiger partial charge in [-0.2, -0.15) is 0 Å². The molecule has 44 heavy (non-hydrogen) atoms. The lowest BCUT2D eigenvalue weighted by molar-refractivity contribution is 1.17. The fourth-order valence-electron chi connectivity index (χ4n) is 7.16. The van der Waals surface area contributed by atoms with Gasteiger partial charge < -0.3 is 9.13 Å². The number of fused-ring (bicyclic) bond motifs is 7. The Morgan fingerprint density at radius 2 is 0.614 bits per heavy atom. The van der Waals surface area contributed by atoms with Crippen molar-refractivity contribution in [2.75, 3.05) is 0 Å². The van der Waals surface area contributed by atoms with E-state index in [2.05, 4.69) is 179 Å². The van der Waals surface area contributed by atoms with Crippen molar-refractivity contribution < 1.29 is 0 Å². The van der Waals surface area contributed by atoms with Crippen LogP contribution in [0.2, 0.25) is 0 Å². The van der Waals surface area contributed by atoms with Crippen LogP contribution in [0.3, 0.4) is 0 Å². The molecular formula is C42H28N2. The summed E-state index contributed by atoms with van der Waals surface area (Å²) in [6, 6.07) is 61.3. The number of benzene rings is 7. The molecular weight excluding hydrogens is 532 g/mol. The number of nitrogens with zero attached hydrogens (tertiary/aromatic N) is 2. The van der Waals surface area contributed by atoms with E-state index in [-0.39, 0.29) is 0 Å². The standard InChI is InChI=1S/C42H28N2/c1-5-17-29(18-6-1)37-38(30-19-7-2-8-20-30)42-40(34-26-14-16-28-36(34)44(42)32-23-11-4-12-24-32)39-33-25-13-15-27-35(33)43(41(37)39)31-21-9-3-10-22-31/h1-28H. The van der Waals surface area contributed by atoms with Crippen LogP contribution in [0.4, 0.5) is 0 Å². The third kappa shape index (κ3) is 3.55. The van der Waals surface area contributed by atoms with Gasteiger partial charge >= 0.3 is 0 Å². The summed E-state index contributed by atoms with van der Waals surface area (Å²) in [4.78, 5) is 0. The third-order valence-electron chi connectivity index (χ3n) is 8.88. The molecule has 2 heteroatoms. The van der Waals surface area contributed by atoms with Crippen molar-refractivity contribution in [1.82, 2.24) is 9.13 Å². The van der Waals surface area contributed by atoms with Gasteiger partial charge in [0, 0.05) is 44.0 Å². The van der Waals surface area contributed by atoms with Gasteiger partial charge in [0.05, 0.1) is 22.1 Å². The van der Waals surface area contributed by atoms with Crippen LogP contribution in [0.25, 0.3) is 77.2 Å². The number of hydrogen-bond acceptors (Lipinski definition) is 0. The van der Waals surface area contributed by atoms with Crippen molar-refractivity contribution in [1.29, 1.82) is 0 Å². The molecule has 0 saturated carbocycles. The minimum atomic E-state index is 1.15. The van der Waals surface area contributed by atoms with Crippen LogP contribution >= 0.6 is 0 Å². The van der Waals surface area contributed by atoms with Gasteiger partial charge in [-0.1, -0.05) is 133 Å². The molecule has 0 radical (unpaired) electrons. The normalized spacial score (nSPS) is 11.6. The molecule has 0 aliphatic rings. The molecule has 0 bridgehead atoms. The second kappa shape index (κ2) is 9.86. The van der Waals surface area contributed by atoms with E-state index in [1.807, 2.05) is 0 Å². The highest BCUT2D eigenvalue weighted by Crippen LogP contribution is 2.51. The van der Waals surface area contributed by atoms with Gasteiger partial charge in [-0.15, -0.1) is 0 Å². The molecule has 0 spiro atoms. The lowest BCUT2D eigenvalue weighted by atomic mass is 9.89. The quantitative estimate of drug-likeness (QED) is 0.203. The number of aromatic nitrogens is 2. The molecule has 2 nitrogen and oxygen atoms in total. The first-order valence-electron chi connectivity index (χ1n) is 15.1.